The molecule has 6 rings (SSSR count). The number of hydrogen-bond acceptors (Lipinski definition) is 6. The molecule has 0 aliphatic heterocycles. The normalized spacial score (nSPS) is 17.5. The molecule has 12 heteroatoms. The van der Waals surface area contributed by atoms with Crippen molar-refractivity contribution < 1.29 is 17.9 Å². The minimum absolute atomic E-state index is 0.00698. The number of halogens is 3. The summed E-state index contributed by atoms with van der Waals surface area (Å²) in [5.74, 6) is 0.0581. The number of nitrogens with zero attached hydrogens (tertiary/aromatic N) is 4. The van der Waals surface area contributed by atoms with Gasteiger partial charge >= 0.3 is 11.9 Å². The van der Waals surface area contributed by atoms with Crippen LogP contribution in [0.1, 0.15) is 29.4 Å². The van der Waals surface area contributed by atoms with Gasteiger partial charge in [0.1, 0.15) is 11.3 Å². The Hall–Kier alpha value is -4.48. The number of ether oxygens (including phenoxy) is 1. The van der Waals surface area contributed by atoms with Crippen molar-refractivity contribution in [2.75, 3.05) is 6.61 Å². The Morgan fingerprint density at radius 2 is 1.97 bits per heavy atom. The lowest BCUT2D eigenvalue weighted by molar-refractivity contribution is -0.153. The van der Waals surface area contributed by atoms with Crippen LogP contribution in [-0.2, 0) is 0 Å². The molecule has 1 saturated carbocycles. The molecule has 5 aromatic rings. The van der Waals surface area contributed by atoms with E-state index in [0.29, 0.717) is 22.2 Å². The molecule has 9 nitrogen and oxygen atoms in total. The molecule has 0 radical (unpaired) electrons. The fraction of sp³-hybridized carbons (Fsp3) is 0.208. The Labute approximate surface area is 199 Å². The number of benzene rings is 1. The van der Waals surface area contributed by atoms with Gasteiger partial charge in [-0.3, -0.25) is 14.8 Å². The quantitative estimate of drug-likeness (QED) is 0.386. The molecule has 1 fully saturated rings. The van der Waals surface area contributed by atoms with Gasteiger partial charge in [-0.15, -0.1) is 0 Å². The molecule has 1 aliphatic rings. The molecule has 0 saturated heterocycles. The first-order chi connectivity index (χ1) is 17.3. The summed E-state index contributed by atoms with van der Waals surface area (Å²) >= 11 is 0. The van der Waals surface area contributed by atoms with Gasteiger partial charge in [-0.25, -0.2) is 14.3 Å². The first kappa shape index (κ1) is 22.0. The average Bonchev–Trinajstić information content (AvgIpc) is 3.49. The van der Waals surface area contributed by atoms with Crippen molar-refractivity contribution in [1.82, 2.24) is 29.5 Å². The Balaban J connectivity index is 1.40. The van der Waals surface area contributed by atoms with Gasteiger partial charge in [-0.2, -0.15) is 18.3 Å². The van der Waals surface area contributed by atoms with E-state index in [4.69, 9.17) is 4.74 Å². The van der Waals surface area contributed by atoms with Crippen molar-refractivity contribution in [3.63, 3.8) is 0 Å². The lowest BCUT2D eigenvalue weighted by atomic mass is 10.0. The molecule has 1 aliphatic carbocycles. The predicted octanol–water partition coefficient (Wildman–Crippen LogP) is 3.53. The summed E-state index contributed by atoms with van der Waals surface area (Å²) in [5, 5.41) is 5.12. The number of fused-ring (bicyclic) bond motifs is 2. The van der Waals surface area contributed by atoms with E-state index in [9.17, 15) is 22.8 Å². The SMILES string of the molecule is O=c1[nH]cc(-c2cc([C@H]3C[C@@H]3c3cc(OCC(F)(F)F)c4ncccc4c3)c3nccn3n2)c(=O)[nH]1. The topological polar surface area (TPSA) is 118 Å². The summed E-state index contributed by atoms with van der Waals surface area (Å²) in [7, 11) is 0. The highest BCUT2D eigenvalue weighted by Crippen LogP contribution is 2.56. The summed E-state index contributed by atoms with van der Waals surface area (Å²) in [5.41, 5.74) is 2.00. The second kappa shape index (κ2) is 8.04. The van der Waals surface area contributed by atoms with Gasteiger partial charge in [0.15, 0.2) is 12.3 Å². The largest absolute Gasteiger partial charge is 0.482 e. The number of hydrogen-bond donors (Lipinski definition) is 2. The zero-order valence-electron chi connectivity index (χ0n) is 18.4. The third-order valence-electron chi connectivity index (χ3n) is 6.18. The van der Waals surface area contributed by atoms with Gasteiger partial charge in [0.05, 0.1) is 11.3 Å². The number of imidazole rings is 1. The predicted molar refractivity (Wildman–Crippen MR) is 123 cm³/mol. The Morgan fingerprint density at radius 3 is 2.78 bits per heavy atom. The van der Waals surface area contributed by atoms with E-state index in [1.54, 1.807) is 41.2 Å². The van der Waals surface area contributed by atoms with E-state index in [-0.39, 0.29) is 23.1 Å². The van der Waals surface area contributed by atoms with Crippen LogP contribution in [-0.4, -0.2) is 42.3 Å². The van der Waals surface area contributed by atoms with Crippen molar-refractivity contribution in [1.29, 1.82) is 0 Å². The lowest BCUT2D eigenvalue weighted by Crippen LogP contribution is -2.23. The van der Waals surface area contributed by atoms with Crippen LogP contribution < -0.4 is 16.0 Å². The fourth-order valence-corrected chi connectivity index (χ4v) is 4.52. The molecule has 0 spiro atoms. The second-order valence-corrected chi connectivity index (χ2v) is 8.61. The van der Waals surface area contributed by atoms with Crippen LogP contribution in [0.2, 0.25) is 0 Å². The number of rotatable bonds is 5. The van der Waals surface area contributed by atoms with Gasteiger partial charge in [-0.05, 0) is 48.1 Å². The highest BCUT2D eigenvalue weighted by molar-refractivity contribution is 5.85. The van der Waals surface area contributed by atoms with Crippen LogP contribution in [0, 0.1) is 0 Å². The van der Waals surface area contributed by atoms with Gasteiger partial charge in [0.2, 0.25) is 0 Å². The fourth-order valence-electron chi connectivity index (χ4n) is 4.52. The van der Waals surface area contributed by atoms with Crippen LogP contribution in [0.3, 0.4) is 0 Å². The van der Waals surface area contributed by atoms with E-state index in [2.05, 4.69) is 25.0 Å². The maximum atomic E-state index is 12.8. The van der Waals surface area contributed by atoms with E-state index in [0.717, 1.165) is 17.5 Å². The highest BCUT2D eigenvalue weighted by atomic mass is 19.4. The molecular formula is C24H17F3N6O3. The number of alkyl halides is 3. The maximum absolute atomic E-state index is 12.8. The van der Waals surface area contributed by atoms with Crippen molar-refractivity contribution in [2.24, 2.45) is 0 Å². The maximum Gasteiger partial charge on any atom is 0.422 e. The van der Waals surface area contributed by atoms with Gasteiger partial charge in [0, 0.05) is 35.7 Å². The van der Waals surface area contributed by atoms with Crippen molar-refractivity contribution in [3.05, 3.63) is 87.1 Å². The first-order valence-electron chi connectivity index (χ1n) is 11.0. The third-order valence-corrected chi connectivity index (χ3v) is 6.18. The second-order valence-electron chi connectivity index (χ2n) is 8.61. The first-order valence-corrected chi connectivity index (χ1v) is 11.0. The number of nitrogens with one attached hydrogen (secondary N) is 2. The Morgan fingerprint density at radius 1 is 1.11 bits per heavy atom. The molecule has 36 heavy (non-hydrogen) atoms. The zero-order valence-corrected chi connectivity index (χ0v) is 18.4. The highest BCUT2D eigenvalue weighted by Gasteiger charge is 2.42. The van der Waals surface area contributed by atoms with Crippen LogP contribution in [0.4, 0.5) is 13.2 Å². The lowest BCUT2D eigenvalue weighted by Gasteiger charge is -2.13. The summed E-state index contributed by atoms with van der Waals surface area (Å²) in [6, 6.07) is 8.78. The molecular weight excluding hydrogens is 477 g/mol. The van der Waals surface area contributed by atoms with E-state index in [1.165, 1.54) is 12.4 Å². The summed E-state index contributed by atoms with van der Waals surface area (Å²) in [4.78, 5) is 37.0. The minimum atomic E-state index is -4.47. The molecule has 182 valence electrons. The Bertz CT molecular complexity index is 1740. The minimum Gasteiger partial charge on any atom is -0.482 e. The molecule has 0 bridgehead atoms. The molecule has 2 N–H and O–H groups in total. The average molecular weight is 494 g/mol. The molecule has 4 heterocycles. The standard InChI is InChI=1S/C24H17F3N6O3/c25-24(26,27)11-36-19-7-13(6-12-2-1-3-28-20(12)19)14-8-15(14)16-9-18(32-33-5-4-29-21(16)33)17-10-30-23(35)31-22(17)34/h1-7,9-10,14-15H,8,11H2,(H2,30,31,34,35)/t14-,15+/m1/s1. The number of H-pyrrole nitrogens is 2. The van der Waals surface area contributed by atoms with Crippen LogP contribution in [0.15, 0.2) is 64.7 Å². The molecule has 2 atom stereocenters. The number of aromatic nitrogens is 6. The Kier molecular flexibility index (Phi) is 4.92. The molecule has 1 aromatic carbocycles. The van der Waals surface area contributed by atoms with Crippen LogP contribution in [0.25, 0.3) is 27.8 Å². The van der Waals surface area contributed by atoms with Crippen LogP contribution >= 0.6 is 0 Å². The van der Waals surface area contributed by atoms with Crippen molar-refractivity contribution in [3.8, 4) is 17.0 Å². The molecule has 4 aromatic heterocycles. The molecule has 0 amide bonds. The zero-order chi connectivity index (χ0) is 25.0. The summed E-state index contributed by atoms with van der Waals surface area (Å²) in [6.07, 6.45) is 2.31. The smallest absolute Gasteiger partial charge is 0.422 e. The number of aromatic amines is 2. The third kappa shape index (κ3) is 4.00. The summed E-state index contributed by atoms with van der Waals surface area (Å²) < 4.78 is 45.2. The van der Waals surface area contributed by atoms with Gasteiger partial charge in [0.25, 0.3) is 5.56 Å². The van der Waals surface area contributed by atoms with E-state index in [1.807, 2.05) is 6.07 Å². The van der Waals surface area contributed by atoms with Crippen molar-refractivity contribution >= 4 is 16.6 Å². The van der Waals surface area contributed by atoms with Gasteiger partial charge < -0.3 is 9.72 Å². The van der Waals surface area contributed by atoms with Gasteiger partial charge in [-0.1, -0.05) is 6.07 Å². The van der Waals surface area contributed by atoms with E-state index < -0.39 is 24.0 Å². The van der Waals surface area contributed by atoms with Crippen LogP contribution in [0.5, 0.6) is 5.75 Å². The summed E-state index contributed by atoms with van der Waals surface area (Å²) in [6.45, 7) is -1.41. The van der Waals surface area contributed by atoms with E-state index >= 15 is 0 Å². The van der Waals surface area contributed by atoms with Crippen molar-refractivity contribution in [2.45, 2.75) is 24.4 Å². The number of pyridine rings is 1. The molecule has 0 unspecified atom stereocenters. The monoisotopic (exact) mass is 494 g/mol.